The van der Waals surface area contributed by atoms with Gasteiger partial charge in [0.25, 0.3) is 0 Å². The Morgan fingerprint density at radius 3 is 2.71 bits per heavy atom. The normalized spacial score (nSPS) is 16.2. The predicted octanol–water partition coefficient (Wildman–Crippen LogP) is 2.40. The summed E-state index contributed by atoms with van der Waals surface area (Å²) in [6.45, 7) is 4.58. The molecule has 0 aliphatic carbocycles. The second-order valence-corrected chi connectivity index (χ2v) is 7.08. The summed E-state index contributed by atoms with van der Waals surface area (Å²) in [4.78, 5) is 8.59. The van der Waals surface area contributed by atoms with Crippen molar-refractivity contribution in [3.8, 4) is 11.6 Å². The Morgan fingerprint density at radius 2 is 1.97 bits per heavy atom. The number of pyridine rings is 1. The number of nitrogens with one attached hydrogen (secondary N) is 2. The van der Waals surface area contributed by atoms with Crippen LogP contribution in [-0.4, -0.2) is 63.7 Å². The zero-order chi connectivity index (χ0) is 21.6. The van der Waals surface area contributed by atoms with Crippen molar-refractivity contribution in [1.29, 1.82) is 0 Å². The summed E-state index contributed by atoms with van der Waals surface area (Å²) in [5.74, 6) is 2.16. The van der Waals surface area contributed by atoms with Crippen LogP contribution in [0.3, 0.4) is 0 Å². The fourth-order valence-electron chi connectivity index (χ4n) is 3.00. The molecule has 1 saturated heterocycles. The van der Waals surface area contributed by atoms with Gasteiger partial charge in [0.15, 0.2) is 5.96 Å². The molecule has 31 heavy (non-hydrogen) atoms. The molecule has 0 saturated carbocycles. The summed E-state index contributed by atoms with van der Waals surface area (Å²) >= 11 is 0. The molecule has 0 bridgehead atoms. The fourth-order valence-corrected chi connectivity index (χ4v) is 3.00. The Hall–Kier alpha value is -2.84. The Balaban J connectivity index is 1.26. The molecule has 8 nitrogen and oxygen atoms in total. The summed E-state index contributed by atoms with van der Waals surface area (Å²) in [5.41, 5.74) is 1.04. The highest BCUT2D eigenvalue weighted by molar-refractivity contribution is 5.79. The van der Waals surface area contributed by atoms with Gasteiger partial charge in [-0.25, -0.2) is 4.98 Å². The van der Waals surface area contributed by atoms with Crippen molar-refractivity contribution in [2.75, 3.05) is 46.6 Å². The minimum atomic E-state index is 0.258. The first-order valence-electron chi connectivity index (χ1n) is 10.7. The first-order valence-corrected chi connectivity index (χ1v) is 10.7. The monoisotopic (exact) mass is 428 g/mol. The van der Waals surface area contributed by atoms with Crippen LogP contribution in [0, 0.1) is 0 Å². The number of benzene rings is 1. The summed E-state index contributed by atoms with van der Waals surface area (Å²) in [7, 11) is 1.76. The van der Waals surface area contributed by atoms with Gasteiger partial charge >= 0.3 is 0 Å². The molecule has 1 unspecified atom stereocenters. The van der Waals surface area contributed by atoms with Crippen LogP contribution in [0.5, 0.6) is 11.6 Å². The van der Waals surface area contributed by atoms with Gasteiger partial charge < -0.3 is 29.6 Å². The van der Waals surface area contributed by atoms with Gasteiger partial charge in [0.2, 0.25) is 5.88 Å². The van der Waals surface area contributed by atoms with Crippen molar-refractivity contribution in [2.45, 2.75) is 25.5 Å². The van der Waals surface area contributed by atoms with Crippen LogP contribution < -0.4 is 20.1 Å². The topological polar surface area (TPSA) is 86.2 Å². The zero-order valence-corrected chi connectivity index (χ0v) is 18.1. The first kappa shape index (κ1) is 22.8. The van der Waals surface area contributed by atoms with Gasteiger partial charge in [-0.15, -0.1) is 0 Å². The maximum Gasteiger partial charge on any atom is 0.213 e. The molecule has 168 valence electrons. The molecule has 8 heteroatoms. The number of aromatic nitrogens is 1. The Kier molecular flexibility index (Phi) is 9.92. The quantitative estimate of drug-likeness (QED) is 0.305. The second kappa shape index (κ2) is 13.5. The molecule has 0 spiro atoms. The highest BCUT2D eigenvalue weighted by Gasteiger charge is 2.15. The predicted molar refractivity (Wildman–Crippen MR) is 120 cm³/mol. The average molecular weight is 429 g/mol. The van der Waals surface area contributed by atoms with E-state index in [4.69, 9.17) is 18.9 Å². The van der Waals surface area contributed by atoms with E-state index in [1.54, 1.807) is 13.2 Å². The van der Waals surface area contributed by atoms with Gasteiger partial charge in [-0.05, 0) is 30.5 Å². The van der Waals surface area contributed by atoms with Crippen LogP contribution in [0.4, 0.5) is 0 Å². The van der Waals surface area contributed by atoms with E-state index < -0.39 is 0 Å². The van der Waals surface area contributed by atoms with E-state index in [2.05, 4.69) is 20.6 Å². The van der Waals surface area contributed by atoms with E-state index in [1.165, 1.54) is 0 Å². The van der Waals surface area contributed by atoms with E-state index in [0.29, 0.717) is 25.6 Å². The zero-order valence-electron chi connectivity index (χ0n) is 18.1. The Bertz CT molecular complexity index is 765. The van der Waals surface area contributed by atoms with Gasteiger partial charge in [-0.3, -0.25) is 4.99 Å². The lowest BCUT2D eigenvalue weighted by molar-refractivity contribution is 0.0420. The van der Waals surface area contributed by atoms with Crippen molar-refractivity contribution >= 4 is 5.96 Å². The summed E-state index contributed by atoms with van der Waals surface area (Å²) in [6.07, 6.45) is 3.97. The van der Waals surface area contributed by atoms with E-state index in [9.17, 15) is 0 Å². The molecule has 2 N–H and O–H groups in total. The fraction of sp³-hybridized carbons (Fsp3) is 0.478. The number of para-hydroxylation sites is 1. The number of rotatable bonds is 12. The van der Waals surface area contributed by atoms with Gasteiger partial charge in [-0.1, -0.05) is 24.3 Å². The van der Waals surface area contributed by atoms with Crippen LogP contribution in [0.1, 0.15) is 18.4 Å². The lowest BCUT2D eigenvalue weighted by Gasteiger charge is -2.13. The third kappa shape index (κ3) is 8.82. The number of guanidine groups is 1. The molecule has 1 atom stereocenters. The van der Waals surface area contributed by atoms with Crippen LogP contribution in [0.15, 0.2) is 53.7 Å². The van der Waals surface area contributed by atoms with Crippen molar-refractivity contribution in [2.24, 2.45) is 4.99 Å². The molecule has 1 aliphatic rings. The SMILES string of the molecule is CN=C(NCCCOC1CCOC1)NCc1ccc(OCCOc2ccccc2)nc1. The molecule has 3 rings (SSSR count). The van der Waals surface area contributed by atoms with E-state index in [1.807, 2.05) is 42.5 Å². The number of hydrogen-bond acceptors (Lipinski definition) is 6. The number of nitrogens with zero attached hydrogens (tertiary/aromatic N) is 2. The van der Waals surface area contributed by atoms with Crippen molar-refractivity contribution in [3.05, 3.63) is 54.2 Å². The number of hydrogen-bond donors (Lipinski definition) is 2. The van der Waals surface area contributed by atoms with Crippen molar-refractivity contribution < 1.29 is 18.9 Å². The van der Waals surface area contributed by atoms with E-state index in [-0.39, 0.29) is 6.10 Å². The largest absolute Gasteiger partial charge is 0.490 e. The lowest BCUT2D eigenvalue weighted by atomic mass is 10.3. The smallest absolute Gasteiger partial charge is 0.213 e. The maximum atomic E-state index is 5.76. The van der Waals surface area contributed by atoms with Crippen molar-refractivity contribution in [3.63, 3.8) is 0 Å². The Morgan fingerprint density at radius 1 is 1.10 bits per heavy atom. The molecule has 1 fully saturated rings. The average Bonchev–Trinajstić information content (AvgIpc) is 3.34. The first-order chi connectivity index (χ1) is 15.3. The van der Waals surface area contributed by atoms with Crippen LogP contribution in [0.2, 0.25) is 0 Å². The standard InChI is InChI=1S/C23H32N4O4/c1-24-23(25-11-5-12-29-21-10-13-28-18-21)27-17-19-8-9-22(26-16-19)31-15-14-30-20-6-3-2-4-7-20/h2-4,6-9,16,21H,5,10-15,17-18H2,1H3,(H2,24,25,27). The summed E-state index contributed by atoms with van der Waals surface area (Å²) < 4.78 is 22.3. The Labute approximate surface area is 184 Å². The van der Waals surface area contributed by atoms with E-state index >= 15 is 0 Å². The molecule has 1 aliphatic heterocycles. The third-order valence-electron chi connectivity index (χ3n) is 4.68. The molecule has 0 radical (unpaired) electrons. The lowest BCUT2D eigenvalue weighted by Crippen LogP contribution is -2.37. The minimum Gasteiger partial charge on any atom is -0.490 e. The highest BCUT2D eigenvalue weighted by atomic mass is 16.5. The van der Waals surface area contributed by atoms with Gasteiger partial charge in [0, 0.05) is 45.6 Å². The maximum absolute atomic E-state index is 5.76. The van der Waals surface area contributed by atoms with Gasteiger partial charge in [0.05, 0.1) is 12.7 Å². The number of aliphatic imine (C=N–C) groups is 1. The molecular formula is C23H32N4O4. The molecule has 2 heterocycles. The van der Waals surface area contributed by atoms with Crippen molar-refractivity contribution in [1.82, 2.24) is 15.6 Å². The number of ether oxygens (including phenoxy) is 4. The van der Waals surface area contributed by atoms with Gasteiger partial charge in [0.1, 0.15) is 19.0 Å². The molecule has 1 aromatic carbocycles. The molecule has 2 aromatic rings. The summed E-state index contributed by atoms with van der Waals surface area (Å²) in [6, 6.07) is 13.5. The summed E-state index contributed by atoms with van der Waals surface area (Å²) in [5, 5.41) is 6.58. The third-order valence-corrected chi connectivity index (χ3v) is 4.68. The second-order valence-electron chi connectivity index (χ2n) is 7.08. The molecule has 1 aromatic heterocycles. The minimum absolute atomic E-state index is 0.258. The molecule has 0 amide bonds. The van der Waals surface area contributed by atoms with E-state index in [0.717, 1.165) is 56.5 Å². The van der Waals surface area contributed by atoms with Crippen LogP contribution in [0.25, 0.3) is 0 Å². The highest BCUT2D eigenvalue weighted by Crippen LogP contribution is 2.10. The van der Waals surface area contributed by atoms with Gasteiger partial charge in [-0.2, -0.15) is 0 Å². The van der Waals surface area contributed by atoms with Crippen LogP contribution >= 0.6 is 0 Å². The van der Waals surface area contributed by atoms with Crippen LogP contribution in [-0.2, 0) is 16.0 Å². The molecular weight excluding hydrogens is 396 g/mol.